The van der Waals surface area contributed by atoms with E-state index in [1.807, 2.05) is 18.2 Å². The molecule has 0 aliphatic heterocycles. The molecule has 136 valence electrons. The van der Waals surface area contributed by atoms with E-state index in [1.54, 1.807) is 11.4 Å². The number of hydrogen-bond acceptors (Lipinski definition) is 7. The van der Waals surface area contributed by atoms with Crippen molar-refractivity contribution in [3.8, 4) is 0 Å². The fourth-order valence-electron chi connectivity index (χ4n) is 2.37. The number of benzene rings is 1. The van der Waals surface area contributed by atoms with E-state index in [2.05, 4.69) is 39.4 Å². The third-order valence-corrected chi connectivity index (χ3v) is 4.50. The molecule has 0 unspecified atom stereocenters. The second-order valence-corrected chi connectivity index (χ2v) is 6.49. The molecule has 8 heteroatoms. The van der Waals surface area contributed by atoms with Gasteiger partial charge in [0.25, 0.3) is 5.78 Å². The first-order valence-corrected chi connectivity index (χ1v) is 9.55. The lowest BCUT2D eigenvalue weighted by molar-refractivity contribution is 0.0526. The summed E-state index contributed by atoms with van der Waals surface area (Å²) in [6.45, 7) is 4.84. The summed E-state index contributed by atoms with van der Waals surface area (Å²) in [5.74, 6) is 1.36. The van der Waals surface area contributed by atoms with Crippen LogP contribution >= 0.6 is 11.8 Å². The highest BCUT2D eigenvalue weighted by molar-refractivity contribution is 7.98. The number of hydrogen-bond donors (Lipinski definition) is 1. The van der Waals surface area contributed by atoms with Crippen molar-refractivity contribution < 1.29 is 9.53 Å². The molecule has 1 aromatic carbocycles. The lowest BCUT2D eigenvalue weighted by Crippen LogP contribution is -2.15. The van der Waals surface area contributed by atoms with Gasteiger partial charge in [-0.05, 0) is 18.9 Å². The van der Waals surface area contributed by atoms with Crippen LogP contribution in [0.1, 0.15) is 36.2 Å². The molecule has 0 saturated heterocycles. The predicted molar refractivity (Wildman–Crippen MR) is 102 cm³/mol. The highest BCUT2D eigenvalue weighted by atomic mass is 32.2. The quantitative estimate of drug-likeness (QED) is 0.480. The monoisotopic (exact) mass is 371 g/mol. The van der Waals surface area contributed by atoms with Gasteiger partial charge < -0.3 is 10.1 Å². The maximum absolute atomic E-state index is 12.2. The zero-order chi connectivity index (χ0) is 18.4. The lowest BCUT2D eigenvalue weighted by atomic mass is 10.2. The van der Waals surface area contributed by atoms with Crippen LogP contribution in [0.25, 0.3) is 5.78 Å². The first-order chi connectivity index (χ1) is 12.7. The van der Waals surface area contributed by atoms with E-state index >= 15 is 0 Å². The van der Waals surface area contributed by atoms with Crippen LogP contribution in [-0.4, -0.2) is 38.7 Å². The lowest BCUT2D eigenvalue weighted by Gasteiger charge is -2.11. The SMILES string of the molecule is CCCNc1c(C(=O)OCC)cnc2nc(SCc3ccccc3)nn12. The first-order valence-electron chi connectivity index (χ1n) is 8.56. The molecule has 0 saturated carbocycles. The Bertz CT molecular complexity index is 882. The number of carbonyl (C=O) groups excluding carboxylic acids is 1. The van der Waals surface area contributed by atoms with Gasteiger partial charge in [0.15, 0.2) is 0 Å². The number of fused-ring (bicyclic) bond motifs is 1. The summed E-state index contributed by atoms with van der Waals surface area (Å²) in [6, 6.07) is 10.1. The number of esters is 1. The maximum Gasteiger partial charge on any atom is 0.343 e. The molecule has 0 aliphatic rings. The topological polar surface area (TPSA) is 81.4 Å². The van der Waals surface area contributed by atoms with Gasteiger partial charge in [0, 0.05) is 18.5 Å². The number of ether oxygens (including phenoxy) is 1. The highest BCUT2D eigenvalue weighted by Crippen LogP contribution is 2.23. The molecule has 0 bridgehead atoms. The predicted octanol–water partition coefficient (Wildman–Crippen LogP) is 3.42. The van der Waals surface area contributed by atoms with E-state index < -0.39 is 5.97 Å². The van der Waals surface area contributed by atoms with Crippen LogP contribution in [0.2, 0.25) is 0 Å². The van der Waals surface area contributed by atoms with E-state index in [-0.39, 0.29) is 0 Å². The molecule has 0 spiro atoms. The Labute approximate surface area is 156 Å². The number of nitrogens with one attached hydrogen (secondary N) is 1. The summed E-state index contributed by atoms with van der Waals surface area (Å²) in [7, 11) is 0. The van der Waals surface area contributed by atoms with Crippen molar-refractivity contribution in [3.05, 3.63) is 47.7 Å². The summed E-state index contributed by atoms with van der Waals surface area (Å²) in [5.41, 5.74) is 1.55. The minimum Gasteiger partial charge on any atom is -0.462 e. The van der Waals surface area contributed by atoms with E-state index in [4.69, 9.17) is 4.74 Å². The van der Waals surface area contributed by atoms with E-state index in [9.17, 15) is 4.79 Å². The van der Waals surface area contributed by atoms with Crippen LogP contribution in [-0.2, 0) is 10.5 Å². The van der Waals surface area contributed by atoms with Gasteiger partial charge >= 0.3 is 5.97 Å². The summed E-state index contributed by atoms with van der Waals surface area (Å²) in [4.78, 5) is 20.9. The normalized spacial score (nSPS) is 10.8. The minimum absolute atomic E-state index is 0.305. The van der Waals surface area contributed by atoms with Gasteiger partial charge in [-0.15, -0.1) is 5.10 Å². The number of nitrogens with zero attached hydrogens (tertiary/aromatic N) is 4. The van der Waals surface area contributed by atoms with Gasteiger partial charge in [-0.2, -0.15) is 9.50 Å². The van der Waals surface area contributed by atoms with Crippen molar-refractivity contribution in [2.75, 3.05) is 18.5 Å². The highest BCUT2D eigenvalue weighted by Gasteiger charge is 2.19. The van der Waals surface area contributed by atoms with Gasteiger partial charge in [-0.25, -0.2) is 9.78 Å². The molecule has 1 N–H and O–H groups in total. The Morgan fingerprint density at radius 1 is 1.27 bits per heavy atom. The first kappa shape index (κ1) is 18.2. The van der Waals surface area contributed by atoms with Crippen LogP contribution in [0.4, 0.5) is 5.82 Å². The van der Waals surface area contributed by atoms with E-state index in [1.165, 1.54) is 23.5 Å². The van der Waals surface area contributed by atoms with Crippen molar-refractivity contribution in [2.24, 2.45) is 0 Å². The minimum atomic E-state index is -0.422. The smallest absolute Gasteiger partial charge is 0.343 e. The van der Waals surface area contributed by atoms with Crippen LogP contribution in [0.5, 0.6) is 0 Å². The van der Waals surface area contributed by atoms with E-state index in [0.717, 1.165) is 12.2 Å². The Kier molecular flexibility index (Phi) is 6.06. The molecule has 0 aliphatic carbocycles. The van der Waals surface area contributed by atoms with Crippen molar-refractivity contribution in [1.82, 2.24) is 19.6 Å². The fourth-order valence-corrected chi connectivity index (χ4v) is 3.15. The Morgan fingerprint density at radius 3 is 2.81 bits per heavy atom. The number of carbonyl (C=O) groups is 1. The summed E-state index contributed by atoms with van der Waals surface area (Å²) in [6.07, 6.45) is 2.40. The third kappa shape index (κ3) is 4.13. The second kappa shape index (κ2) is 8.66. The molecule has 7 nitrogen and oxygen atoms in total. The van der Waals surface area contributed by atoms with Crippen molar-refractivity contribution in [2.45, 2.75) is 31.2 Å². The van der Waals surface area contributed by atoms with Crippen LogP contribution < -0.4 is 5.32 Å². The maximum atomic E-state index is 12.2. The van der Waals surface area contributed by atoms with Gasteiger partial charge in [0.05, 0.1) is 6.61 Å². The molecule has 0 amide bonds. The molecular formula is C18H21N5O2S. The van der Waals surface area contributed by atoms with Crippen LogP contribution in [0.3, 0.4) is 0 Å². The molecular weight excluding hydrogens is 350 g/mol. The van der Waals surface area contributed by atoms with Crippen molar-refractivity contribution in [3.63, 3.8) is 0 Å². The molecule has 0 atom stereocenters. The van der Waals surface area contributed by atoms with Gasteiger partial charge in [-0.1, -0.05) is 49.0 Å². The van der Waals surface area contributed by atoms with Gasteiger partial charge in [0.1, 0.15) is 11.4 Å². The Hall–Kier alpha value is -2.61. The average Bonchev–Trinajstić information content (AvgIpc) is 3.08. The number of rotatable bonds is 8. The zero-order valence-corrected chi connectivity index (χ0v) is 15.6. The van der Waals surface area contributed by atoms with E-state index in [0.29, 0.717) is 35.5 Å². The van der Waals surface area contributed by atoms with Crippen molar-refractivity contribution in [1.29, 1.82) is 0 Å². The third-order valence-electron chi connectivity index (χ3n) is 3.60. The summed E-state index contributed by atoms with van der Waals surface area (Å²) in [5, 5.41) is 8.38. The van der Waals surface area contributed by atoms with Crippen LogP contribution in [0.15, 0.2) is 41.7 Å². The summed E-state index contributed by atoms with van der Waals surface area (Å²) >= 11 is 1.53. The number of anilines is 1. The summed E-state index contributed by atoms with van der Waals surface area (Å²) < 4.78 is 6.70. The molecule has 26 heavy (non-hydrogen) atoms. The van der Waals surface area contributed by atoms with Crippen LogP contribution in [0, 0.1) is 0 Å². The Morgan fingerprint density at radius 2 is 2.08 bits per heavy atom. The molecule has 3 rings (SSSR count). The fraction of sp³-hybridized carbons (Fsp3) is 0.333. The molecule has 2 aromatic heterocycles. The zero-order valence-electron chi connectivity index (χ0n) is 14.8. The molecule has 2 heterocycles. The number of thioether (sulfide) groups is 1. The molecule has 3 aromatic rings. The van der Waals surface area contributed by atoms with Gasteiger partial charge in [0.2, 0.25) is 5.16 Å². The standard InChI is InChI=1S/C18H21N5O2S/c1-3-10-19-15-14(16(24)25-4-2)11-20-17-21-18(22-23(15)17)26-12-13-8-6-5-7-9-13/h5-9,11,19H,3-4,10,12H2,1-2H3. The van der Waals surface area contributed by atoms with Gasteiger partial charge in [-0.3, -0.25) is 0 Å². The number of aromatic nitrogens is 4. The molecule has 0 fully saturated rings. The molecule has 0 radical (unpaired) electrons. The van der Waals surface area contributed by atoms with Crippen molar-refractivity contribution >= 4 is 29.3 Å². The second-order valence-electron chi connectivity index (χ2n) is 5.55. The average molecular weight is 371 g/mol. The largest absolute Gasteiger partial charge is 0.462 e. The Balaban J connectivity index is 1.90.